The second-order valence-electron chi connectivity index (χ2n) is 6.06. The van der Waals surface area contributed by atoms with Crippen LogP contribution in [0.25, 0.3) is 0 Å². The fourth-order valence-corrected chi connectivity index (χ4v) is 4.38. The number of nitrogens with zero attached hydrogens (tertiary/aromatic N) is 3. The van der Waals surface area contributed by atoms with Gasteiger partial charge in [-0.2, -0.15) is 0 Å². The summed E-state index contributed by atoms with van der Waals surface area (Å²) in [6.07, 6.45) is 1.70. The summed E-state index contributed by atoms with van der Waals surface area (Å²) in [5, 5.41) is 5.73. The maximum Gasteiger partial charge on any atom is 0.407 e. The summed E-state index contributed by atoms with van der Waals surface area (Å²) in [5.74, 6) is 0.0991. The lowest BCUT2D eigenvalue weighted by Gasteiger charge is -2.38. The Bertz CT molecular complexity index is 591. The van der Waals surface area contributed by atoms with E-state index in [2.05, 4.69) is 15.2 Å². The molecular weight excluding hydrogens is 304 g/mol. The number of aliphatic imine (C=N–C) groups is 1. The molecule has 1 unspecified atom stereocenters. The highest BCUT2D eigenvalue weighted by Gasteiger charge is 2.45. The van der Waals surface area contributed by atoms with Crippen molar-refractivity contribution in [2.45, 2.75) is 24.9 Å². The molecule has 2 saturated heterocycles. The predicted octanol–water partition coefficient (Wildman–Crippen LogP) is 0.737. The van der Waals surface area contributed by atoms with Crippen molar-refractivity contribution in [2.24, 2.45) is 4.99 Å². The topological polar surface area (TPSA) is 74.2 Å². The Hall–Kier alpha value is -1.70. The molecule has 0 bridgehead atoms. The smallest absolute Gasteiger partial charge is 0.407 e. The van der Waals surface area contributed by atoms with Crippen LogP contribution in [-0.2, 0) is 9.53 Å². The Labute approximate surface area is 132 Å². The summed E-state index contributed by atoms with van der Waals surface area (Å²) in [4.78, 5) is 32.3. The maximum absolute atomic E-state index is 12.6. The van der Waals surface area contributed by atoms with E-state index in [0.29, 0.717) is 19.5 Å². The predicted molar refractivity (Wildman–Crippen MR) is 82.3 cm³/mol. The van der Waals surface area contributed by atoms with Gasteiger partial charge in [-0.1, -0.05) is 11.8 Å². The minimum absolute atomic E-state index is 0.0991. The van der Waals surface area contributed by atoms with Crippen LogP contribution in [0, 0.1) is 0 Å². The molecule has 1 N–H and O–H groups in total. The van der Waals surface area contributed by atoms with Crippen LogP contribution in [0.2, 0.25) is 0 Å². The summed E-state index contributed by atoms with van der Waals surface area (Å²) in [7, 11) is 0. The first kappa shape index (κ1) is 13.9. The van der Waals surface area contributed by atoms with E-state index < -0.39 is 5.60 Å². The molecule has 4 aliphatic heterocycles. The minimum atomic E-state index is -0.524. The lowest BCUT2D eigenvalue weighted by atomic mass is 9.93. The van der Waals surface area contributed by atoms with Crippen molar-refractivity contribution in [3.05, 3.63) is 11.1 Å². The van der Waals surface area contributed by atoms with Crippen LogP contribution >= 0.6 is 11.8 Å². The fourth-order valence-electron chi connectivity index (χ4n) is 3.42. The van der Waals surface area contributed by atoms with E-state index in [1.165, 1.54) is 0 Å². The van der Waals surface area contributed by atoms with Crippen LogP contribution < -0.4 is 5.32 Å². The summed E-state index contributed by atoms with van der Waals surface area (Å²) in [5.41, 5.74) is 0.511. The molecule has 0 aromatic carbocycles. The molecule has 0 aromatic rings. The van der Waals surface area contributed by atoms with Crippen molar-refractivity contribution in [3.8, 4) is 0 Å². The average molecular weight is 322 g/mol. The number of alkyl carbamates (subject to hydrolysis) is 1. The van der Waals surface area contributed by atoms with Crippen LogP contribution in [0.15, 0.2) is 16.1 Å². The number of amides is 2. The Morgan fingerprint density at radius 1 is 1.50 bits per heavy atom. The molecule has 0 radical (unpaired) electrons. The fraction of sp³-hybridized carbons (Fsp3) is 0.643. The van der Waals surface area contributed by atoms with E-state index in [9.17, 15) is 9.59 Å². The molecule has 118 valence electrons. The van der Waals surface area contributed by atoms with Crippen molar-refractivity contribution in [3.63, 3.8) is 0 Å². The molecule has 4 heterocycles. The number of carbonyl (C=O) groups excluding carboxylic acids is 2. The molecular formula is C14H18N4O3S. The molecule has 7 nitrogen and oxygen atoms in total. The first-order chi connectivity index (χ1) is 10.7. The monoisotopic (exact) mass is 322 g/mol. The SMILES string of the molecule is O=C1NCC2(CCCN(C(=O)CC3=CSC4=NCCN34)C2)O1. The van der Waals surface area contributed by atoms with Crippen molar-refractivity contribution >= 4 is 28.9 Å². The zero-order valence-electron chi connectivity index (χ0n) is 12.2. The Morgan fingerprint density at radius 2 is 2.41 bits per heavy atom. The third kappa shape index (κ3) is 2.35. The number of piperidine rings is 1. The molecule has 2 fully saturated rings. The van der Waals surface area contributed by atoms with E-state index in [-0.39, 0.29) is 12.0 Å². The van der Waals surface area contributed by atoms with E-state index in [4.69, 9.17) is 4.74 Å². The Balaban J connectivity index is 1.40. The zero-order chi connectivity index (χ0) is 15.2. The van der Waals surface area contributed by atoms with Crippen LogP contribution in [0.4, 0.5) is 4.79 Å². The highest BCUT2D eigenvalue weighted by atomic mass is 32.2. The number of fused-ring (bicyclic) bond motifs is 1. The average Bonchev–Trinajstić information content (AvgIpc) is 3.18. The van der Waals surface area contributed by atoms with Gasteiger partial charge in [-0.15, -0.1) is 0 Å². The van der Waals surface area contributed by atoms with E-state index >= 15 is 0 Å². The number of amidine groups is 1. The molecule has 1 atom stereocenters. The standard InChI is InChI=1S/C14H18N4O3S/c19-11(6-10-7-22-12-15-3-5-18(10)12)17-4-1-2-14(9-17)8-16-13(20)21-14/h7H,1-6,8-9H2,(H,16,20). The van der Waals surface area contributed by atoms with E-state index in [0.717, 1.165) is 43.3 Å². The number of hydrogen-bond donors (Lipinski definition) is 1. The highest BCUT2D eigenvalue weighted by Crippen LogP contribution is 2.33. The normalized spacial score (nSPS) is 30.1. The number of ether oxygens (including phenoxy) is 1. The van der Waals surface area contributed by atoms with E-state index in [1.54, 1.807) is 11.8 Å². The van der Waals surface area contributed by atoms with Crippen LogP contribution in [0.3, 0.4) is 0 Å². The van der Waals surface area contributed by atoms with Crippen molar-refractivity contribution in [2.75, 3.05) is 32.7 Å². The highest BCUT2D eigenvalue weighted by molar-refractivity contribution is 8.16. The first-order valence-corrected chi connectivity index (χ1v) is 8.46. The van der Waals surface area contributed by atoms with Gasteiger partial charge in [0.2, 0.25) is 5.91 Å². The molecule has 22 heavy (non-hydrogen) atoms. The number of thioether (sulfide) groups is 1. The van der Waals surface area contributed by atoms with Crippen molar-refractivity contribution in [1.29, 1.82) is 0 Å². The molecule has 4 rings (SSSR count). The number of hydrogen-bond acceptors (Lipinski definition) is 6. The van der Waals surface area contributed by atoms with Crippen molar-refractivity contribution in [1.82, 2.24) is 15.1 Å². The first-order valence-electron chi connectivity index (χ1n) is 7.58. The molecule has 1 spiro atoms. The Morgan fingerprint density at radius 3 is 3.23 bits per heavy atom. The van der Waals surface area contributed by atoms with Gasteiger partial charge in [-0.05, 0) is 18.2 Å². The van der Waals surface area contributed by atoms with Crippen LogP contribution in [-0.4, -0.2) is 65.3 Å². The van der Waals surface area contributed by atoms with Gasteiger partial charge in [-0.3, -0.25) is 9.79 Å². The molecule has 0 aliphatic carbocycles. The van der Waals surface area contributed by atoms with E-state index in [1.807, 2.05) is 10.3 Å². The van der Waals surface area contributed by atoms with Crippen LogP contribution in [0.5, 0.6) is 0 Å². The summed E-state index contributed by atoms with van der Waals surface area (Å²) < 4.78 is 5.42. The van der Waals surface area contributed by atoms with Gasteiger partial charge in [0.15, 0.2) is 5.17 Å². The third-order valence-electron chi connectivity index (χ3n) is 4.54. The lowest BCUT2D eigenvalue weighted by Crippen LogP contribution is -2.52. The number of likely N-dealkylation sites (tertiary alicyclic amines) is 1. The van der Waals surface area contributed by atoms with Crippen LogP contribution in [0.1, 0.15) is 19.3 Å². The summed E-state index contributed by atoms with van der Waals surface area (Å²) in [6.45, 7) is 3.40. The maximum atomic E-state index is 12.6. The largest absolute Gasteiger partial charge is 0.439 e. The Kier molecular flexibility index (Phi) is 3.28. The molecule has 0 aromatic heterocycles. The molecule has 0 saturated carbocycles. The molecule has 8 heteroatoms. The zero-order valence-corrected chi connectivity index (χ0v) is 13.0. The van der Waals surface area contributed by atoms with Gasteiger partial charge in [0.25, 0.3) is 0 Å². The van der Waals surface area contributed by atoms with Gasteiger partial charge < -0.3 is 19.9 Å². The summed E-state index contributed by atoms with van der Waals surface area (Å²) in [6, 6.07) is 0. The van der Waals surface area contributed by atoms with Gasteiger partial charge in [0.05, 0.1) is 26.1 Å². The number of carbonyl (C=O) groups is 2. The van der Waals surface area contributed by atoms with Crippen molar-refractivity contribution < 1.29 is 14.3 Å². The van der Waals surface area contributed by atoms with Gasteiger partial charge in [0.1, 0.15) is 5.60 Å². The molecule has 4 aliphatic rings. The lowest BCUT2D eigenvalue weighted by molar-refractivity contribution is -0.136. The second kappa shape index (κ2) is 5.19. The minimum Gasteiger partial charge on any atom is -0.439 e. The summed E-state index contributed by atoms with van der Waals surface area (Å²) >= 11 is 1.59. The van der Waals surface area contributed by atoms with Gasteiger partial charge in [0, 0.05) is 18.8 Å². The third-order valence-corrected chi connectivity index (χ3v) is 5.49. The quantitative estimate of drug-likeness (QED) is 0.811. The second-order valence-corrected chi connectivity index (χ2v) is 6.90. The van der Waals surface area contributed by atoms with Gasteiger partial charge in [-0.25, -0.2) is 4.79 Å². The number of nitrogens with one attached hydrogen (secondary N) is 1. The van der Waals surface area contributed by atoms with Gasteiger partial charge >= 0.3 is 6.09 Å². The number of rotatable bonds is 2. The molecule has 2 amide bonds.